The molecule has 1 saturated heterocycles. The molecule has 6 heteroatoms. The maximum atomic E-state index is 12.3. The first-order valence-electron chi connectivity index (χ1n) is 9.00. The number of hydrogen-bond acceptors (Lipinski definition) is 4. The number of carbonyl (C=O) groups excluding carboxylic acids is 2. The monoisotopic (exact) mass is 352 g/mol. The van der Waals surface area contributed by atoms with Gasteiger partial charge in [0.05, 0.1) is 13.0 Å². The Hall–Kier alpha value is -2.76. The molecule has 136 valence electrons. The standard InChI is InChI=1S/C20H24N4O2/c1-15-7-10-21-20(23-15)17-8-11-24(12-9-17)19(26)14-22-18(25)13-16-5-3-2-4-6-16/h2-7,10,17H,8-9,11-14H2,1H3,(H,22,25). The molecule has 1 aliphatic heterocycles. The highest BCUT2D eigenvalue weighted by atomic mass is 16.2. The average molecular weight is 352 g/mol. The molecule has 1 N–H and O–H groups in total. The van der Waals surface area contributed by atoms with E-state index in [1.165, 1.54) is 0 Å². The second-order valence-electron chi connectivity index (χ2n) is 6.65. The lowest BCUT2D eigenvalue weighted by Crippen LogP contribution is -2.44. The summed E-state index contributed by atoms with van der Waals surface area (Å²) < 4.78 is 0. The van der Waals surface area contributed by atoms with Crippen LogP contribution in [0.25, 0.3) is 0 Å². The van der Waals surface area contributed by atoms with Gasteiger partial charge < -0.3 is 10.2 Å². The number of carbonyl (C=O) groups is 2. The van der Waals surface area contributed by atoms with Crippen LogP contribution in [0.5, 0.6) is 0 Å². The first-order valence-corrected chi connectivity index (χ1v) is 9.00. The molecule has 1 aromatic heterocycles. The predicted molar refractivity (Wildman–Crippen MR) is 98.5 cm³/mol. The summed E-state index contributed by atoms with van der Waals surface area (Å²) >= 11 is 0. The minimum absolute atomic E-state index is 0.0324. The molecule has 6 nitrogen and oxygen atoms in total. The normalized spacial score (nSPS) is 14.9. The molecule has 1 fully saturated rings. The van der Waals surface area contributed by atoms with E-state index in [1.54, 1.807) is 6.20 Å². The fourth-order valence-corrected chi connectivity index (χ4v) is 3.18. The SMILES string of the molecule is Cc1ccnc(C2CCN(C(=O)CNC(=O)Cc3ccccc3)CC2)n1. The van der Waals surface area contributed by atoms with E-state index in [2.05, 4.69) is 15.3 Å². The third-order valence-corrected chi connectivity index (χ3v) is 4.67. The fraction of sp³-hybridized carbons (Fsp3) is 0.400. The summed E-state index contributed by atoms with van der Waals surface area (Å²) in [6.45, 7) is 3.37. The highest BCUT2D eigenvalue weighted by Gasteiger charge is 2.25. The number of benzene rings is 1. The molecule has 0 atom stereocenters. The molecule has 1 aliphatic rings. The van der Waals surface area contributed by atoms with E-state index in [0.29, 0.717) is 25.4 Å². The van der Waals surface area contributed by atoms with Crippen LogP contribution in [0, 0.1) is 6.92 Å². The van der Waals surface area contributed by atoms with Crippen LogP contribution in [-0.4, -0.2) is 46.3 Å². The molecule has 2 heterocycles. The van der Waals surface area contributed by atoms with Gasteiger partial charge >= 0.3 is 0 Å². The summed E-state index contributed by atoms with van der Waals surface area (Å²) in [6, 6.07) is 11.4. The van der Waals surface area contributed by atoms with E-state index in [-0.39, 0.29) is 18.4 Å². The van der Waals surface area contributed by atoms with E-state index in [4.69, 9.17) is 0 Å². The van der Waals surface area contributed by atoms with E-state index in [1.807, 2.05) is 48.2 Å². The Bertz CT molecular complexity index is 755. The summed E-state index contributed by atoms with van der Waals surface area (Å²) in [7, 11) is 0. The number of nitrogens with one attached hydrogen (secondary N) is 1. The summed E-state index contributed by atoms with van der Waals surface area (Å²) in [5.41, 5.74) is 1.91. The molecule has 0 unspecified atom stereocenters. The molecule has 3 rings (SSSR count). The Morgan fingerprint density at radius 2 is 1.88 bits per heavy atom. The van der Waals surface area contributed by atoms with Crippen molar-refractivity contribution >= 4 is 11.8 Å². The van der Waals surface area contributed by atoms with Crippen molar-refractivity contribution in [3.8, 4) is 0 Å². The number of aryl methyl sites for hydroxylation is 1. The molecule has 0 saturated carbocycles. The van der Waals surface area contributed by atoms with Crippen molar-refractivity contribution in [1.82, 2.24) is 20.2 Å². The molecule has 0 bridgehead atoms. The fourth-order valence-electron chi connectivity index (χ4n) is 3.18. The minimum atomic E-state index is -0.132. The molecule has 0 spiro atoms. The van der Waals surface area contributed by atoms with Crippen molar-refractivity contribution < 1.29 is 9.59 Å². The second-order valence-corrected chi connectivity index (χ2v) is 6.65. The van der Waals surface area contributed by atoms with Gasteiger partial charge in [-0.1, -0.05) is 30.3 Å². The molecule has 2 aromatic rings. The molecule has 1 aromatic carbocycles. The number of amides is 2. The molecular formula is C20H24N4O2. The molecule has 0 aliphatic carbocycles. The van der Waals surface area contributed by atoms with Crippen LogP contribution in [0.15, 0.2) is 42.6 Å². The molecule has 2 amide bonds. The van der Waals surface area contributed by atoms with Crippen LogP contribution in [-0.2, 0) is 16.0 Å². The number of hydrogen-bond donors (Lipinski definition) is 1. The van der Waals surface area contributed by atoms with Crippen LogP contribution < -0.4 is 5.32 Å². The van der Waals surface area contributed by atoms with Crippen LogP contribution in [0.3, 0.4) is 0 Å². The van der Waals surface area contributed by atoms with Crippen molar-refractivity contribution in [3.63, 3.8) is 0 Å². The number of rotatable bonds is 5. The number of likely N-dealkylation sites (tertiary alicyclic amines) is 1. The third-order valence-electron chi connectivity index (χ3n) is 4.67. The summed E-state index contributed by atoms with van der Waals surface area (Å²) in [5.74, 6) is 1.00. The van der Waals surface area contributed by atoms with Crippen molar-refractivity contribution in [2.45, 2.75) is 32.1 Å². The third kappa shape index (κ3) is 4.88. The Labute approximate surface area is 153 Å². The van der Waals surface area contributed by atoms with Crippen LogP contribution in [0.1, 0.15) is 35.8 Å². The Kier molecular flexibility index (Phi) is 5.94. The number of aromatic nitrogens is 2. The summed E-state index contributed by atoms with van der Waals surface area (Å²) in [6.07, 6.45) is 3.79. The Morgan fingerprint density at radius 1 is 1.15 bits per heavy atom. The van der Waals surface area contributed by atoms with Crippen LogP contribution in [0.4, 0.5) is 0 Å². The van der Waals surface area contributed by atoms with Gasteiger partial charge in [-0.05, 0) is 31.4 Å². The maximum absolute atomic E-state index is 12.3. The van der Waals surface area contributed by atoms with Gasteiger partial charge in [0.1, 0.15) is 5.82 Å². The zero-order valence-corrected chi connectivity index (χ0v) is 15.0. The first kappa shape index (κ1) is 18.0. The zero-order chi connectivity index (χ0) is 18.4. The lowest BCUT2D eigenvalue weighted by atomic mass is 9.96. The quantitative estimate of drug-likeness (QED) is 0.891. The van der Waals surface area contributed by atoms with Crippen molar-refractivity contribution in [3.05, 3.63) is 59.7 Å². The predicted octanol–water partition coefficient (Wildman–Crippen LogP) is 1.85. The van der Waals surface area contributed by atoms with Crippen molar-refractivity contribution in [1.29, 1.82) is 0 Å². The van der Waals surface area contributed by atoms with Gasteiger partial charge in [0.2, 0.25) is 11.8 Å². The van der Waals surface area contributed by atoms with E-state index < -0.39 is 0 Å². The largest absolute Gasteiger partial charge is 0.347 e. The highest BCUT2D eigenvalue weighted by Crippen LogP contribution is 2.25. The van der Waals surface area contributed by atoms with E-state index >= 15 is 0 Å². The maximum Gasteiger partial charge on any atom is 0.241 e. The molecular weight excluding hydrogens is 328 g/mol. The Balaban J connectivity index is 1.43. The molecule has 0 radical (unpaired) electrons. The van der Waals surface area contributed by atoms with E-state index in [0.717, 1.165) is 29.9 Å². The highest BCUT2D eigenvalue weighted by molar-refractivity contribution is 5.85. The summed E-state index contributed by atoms with van der Waals surface area (Å²) in [4.78, 5) is 35.0. The van der Waals surface area contributed by atoms with Crippen LogP contribution in [0.2, 0.25) is 0 Å². The lowest BCUT2D eigenvalue weighted by molar-refractivity contribution is -0.133. The summed E-state index contributed by atoms with van der Waals surface area (Å²) in [5, 5.41) is 2.72. The first-order chi connectivity index (χ1) is 12.6. The van der Waals surface area contributed by atoms with Gasteiger partial charge in [-0.15, -0.1) is 0 Å². The van der Waals surface area contributed by atoms with Crippen LogP contribution >= 0.6 is 0 Å². The van der Waals surface area contributed by atoms with Crippen molar-refractivity contribution in [2.75, 3.05) is 19.6 Å². The van der Waals surface area contributed by atoms with Gasteiger partial charge in [-0.25, -0.2) is 9.97 Å². The zero-order valence-electron chi connectivity index (χ0n) is 15.0. The lowest BCUT2D eigenvalue weighted by Gasteiger charge is -2.31. The van der Waals surface area contributed by atoms with Gasteiger partial charge in [-0.2, -0.15) is 0 Å². The topological polar surface area (TPSA) is 75.2 Å². The van der Waals surface area contributed by atoms with E-state index in [9.17, 15) is 9.59 Å². The van der Waals surface area contributed by atoms with Gasteiger partial charge in [0, 0.05) is 30.9 Å². The van der Waals surface area contributed by atoms with Gasteiger partial charge in [-0.3, -0.25) is 9.59 Å². The molecule has 26 heavy (non-hydrogen) atoms. The minimum Gasteiger partial charge on any atom is -0.347 e. The average Bonchev–Trinajstić information content (AvgIpc) is 2.67. The second kappa shape index (κ2) is 8.56. The van der Waals surface area contributed by atoms with Gasteiger partial charge in [0.15, 0.2) is 0 Å². The number of nitrogens with zero attached hydrogens (tertiary/aromatic N) is 3. The number of piperidine rings is 1. The smallest absolute Gasteiger partial charge is 0.241 e. The van der Waals surface area contributed by atoms with Gasteiger partial charge in [0.25, 0.3) is 0 Å². The Morgan fingerprint density at radius 3 is 2.58 bits per heavy atom. The van der Waals surface area contributed by atoms with Crippen molar-refractivity contribution in [2.24, 2.45) is 0 Å².